The van der Waals surface area contributed by atoms with Crippen LogP contribution in [0.25, 0.3) is 0 Å². The van der Waals surface area contributed by atoms with Crippen LogP contribution in [0, 0.1) is 11.3 Å². The predicted octanol–water partition coefficient (Wildman–Crippen LogP) is 4.70. The van der Waals surface area contributed by atoms with Crippen LogP contribution in [0.3, 0.4) is 0 Å². The molecule has 5 heteroatoms. The Morgan fingerprint density at radius 1 is 1.24 bits per heavy atom. The number of hydrogen-bond acceptors (Lipinski definition) is 3. The molecule has 0 aliphatic rings. The van der Waals surface area contributed by atoms with Gasteiger partial charge in [0.25, 0.3) is 0 Å². The Labute approximate surface area is 139 Å². The van der Waals surface area contributed by atoms with E-state index in [1.807, 2.05) is 6.20 Å². The third kappa shape index (κ3) is 6.08. The van der Waals surface area contributed by atoms with E-state index in [4.69, 9.17) is 4.43 Å². The van der Waals surface area contributed by atoms with E-state index in [0.717, 1.165) is 10.2 Å². The highest BCUT2D eigenvalue weighted by molar-refractivity contribution is 9.10. The first-order valence-electron chi connectivity index (χ1n) is 7.63. The zero-order chi connectivity index (χ0) is 16.2. The molecule has 0 amide bonds. The summed E-state index contributed by atoms with van der Waals surface area (Å²) < 4.78 is 7.37. The van der Waals surface area contributed by atoms with Gasteiger partial charge in [-0.25, -0.2) is 0 Å². The molecule has 0 aliphatic carbocycles. The molecule has 1 N–H and O–H groups in total. The molecule has 3 nitrogen and oxygen atoms in total. The molecule has 0 saturated heterocycles. The lowest BCUT2D eigenvalue weighted by Gasteiger charge is -2.41. The molecule has 0 saturated carbocycles. The lowest BCUT2D eigenvalue weighted by Crippen LogP contribution is -2.49. The van der Waals surface area contributed by atoms with Crippen molar-refractivity contribution < 1.29 is 4.43 Å². The second-order valence-electron chi connectivity index (χ2n) is 7.28. The maximum absolute atomic E-state index is 6.38. The van der Waals surface area contributed by atoms with Crippen LogP contribution >= 0.6 is 15.9 Å². The van der Waals surface area contributed by atoms with Crippen molar-refractivity contribution >= 4 is 30.7 Å². The summed E-state index contributed by atoms with van der Waals surface area (Å²) in [5.41, 5.74) is 1.13. The standard InChI is InChI=1S/C16H29BrN2OSi/c1-11(2)14(15(16(3,4)5)20-21(6)7)19-13-8-12(17)9-18-10-13/h8-11,14-15,19,21H,1-7H3/t14-,15?/m1/s1. The molecular weight excluding hydrogens is 344 g/mol. The van der Waals surface area contributed by atoms with E-state index < -0.39 is 9.04 Å². The minimum absolute atomic E-state index is 0.0959. The number of nitrogens with one attached hydrogen (secondary N) is 1. The Morgan fingerprint density at radius 2 is 1.86 bits per heavy atom. The molecule has 1 aromatic heterocycles. The Hall–Kier alpha value is -0.393. The van der Waals surface area contributed by atoms with Gasteiger partial charge in [-0.15, -0.1) is 0 Å². The van der Waals surface area contributed by atoms with Gasteiger partial charge in [-0.2, -0.15) is 0 Å². The fraction of sp³-hybridized carbons (Fsp3) is 0.688. The van der Waals surface area contributed by atoms with E-state index in [9.17, 15) is 0 Å². The lowest BCUT2D eigenvalue weighted by atomic mass is 9.81. The van der Waals surface area contributed by atoms with Crippen LogP contribution in [-0.2, 0) is 4.43 Å². The summed E-state index contributed by atoms with van der Waals surface area (Å²) in [5.74, 6) is 0.473. The van der Waals surface area contributed by atoms with Crippen molar-refractivity contribution in [3.63, 3.8) is 0 Å². The molecule has 1 aromatic rings. The van der Waals surface area contributed by atoms with Crippen molar-refractivity contribution in [2.75, 3.05) is 5.32 Å². The van der Waals surface area contributed by atoms with E-state index in [1.165, 1.54) is 0 Å². The second kappa shape index (κ2) is 7.74. The van der Waals surface area contributed by atoms with Crippen molar-refractivity contribution in [3.05, 3.63) is 22.9 Å². The first-order chi connectivity index (χ1) is 9.61. The molecule has 0 spiro atoms. The van der Waals surface area contributed by atoms with E-state index in [0.29, 0.717) is 5.92 Å². The molecule has 2 atom stereocenters. The van der Waals surface area contributed by atoms with Crippen molar-refractivity contribution in [2.45, 2.75) is 59.9 Å². The number of pyridine rings is 1. The zero-order valence-electron chi connectivity index (χ0n) is 14.3. The van der Waals surface area contributed by atoms with Crippen molar-refractivity contribution in [3.8, 4) is 0 Å². The zero-order valence-corrected chi connectivity index (χ0v) is 17.0. The predicted molar refractivity (Wildman–Crippen MR) is 97.4 cm³/mol. The quantitative estimate of drug-likeness (QED) is 0.735. The van der Waals surface area contributed by atoms with Gasteiger partial charge in [-0.3, -0.25) is 4.98 Å². The second-order valence-corrected chi connectivity index (χ2v) is 10.6. The van der Waals surface area contributed by atoms with Crippen molar-refractivity contribution in [2.24, 2.45) is 11.3 Å². The number of aromatic nitrogens is 1. The number of anilines is 1. The van der Waals surface area contributed by atoms with Crippen LogP contribution in [0.4, 0.5) is 5.69 Å². The fourth-order valence-electron chi connectivity index (χ4n) is 2.40. The SMILES string of the molecule is CC(C)[C@@H](Nc1cncc(Br)c1)C(O[SiH](C)C)C(C)(C)C. The highest BCUT2D eigenvalue weighted by Gasteiger charge is 2.35. The van der Waals surface area contributed by atoms with Gasteiger partial charge in [0.1, 0.15) is 0 Å². The Morgan fingerprint density at radius 3 is 2.29 bits per heavy atom. The molecule has 1 heterocycles. The van der Waals surface area contributed by atoms with Gasteiger partial charge >= 0.3 is 0 Å². The van der Waals surface area contributed by atoms with E-state index in [-0.39, 0.29) is 17.6 Å². The van der Waals surface area contributed by atoms with E-state index >= 15 is 0 Å². The first kappa shape index (κ1) is 18.7. The molecule has 0 aliphatic heterocycles. The molecule has 0 bridgehead atoms. The summed E-state index contributed by atoms with van der Waals surface area (Å²) in [4.78, 5) is 4.24. The van der Waals surface area contributed by atoms with E-state index in [2.05, 4.69) is 80.0 Å². The Balaban J connectivity index is 3.02. The van der Waals surface area contributed by atoms with Crippen LogP contribution in [0.15, 0.2) is 22.9 Å². The lowest BCUT2D eigenvalue weighted by molar-refractivity contribution is 0.0555. The number of halogens is 1. The maximum atomic E-state index is 6.38. The minimum atomic E-state index is -1.11. The van der Waals surface area contributed by atoms with Gasteiger partial charge in [-0.1, -0.05) is 34.6 Å². The summed E-state index contributed by atoms with van der Waals surface area (Å²) in [7, 11) is -1.11. The van der Waals surface area contributed by atoms with Gasteiger partial charge in [-0.05, 0) is 46.4 Å². The van der Waals surface area contributed by atoms with Crippen LogP contribution in [0.5, 0.6) is 0 Å². The summed E-state index contributed by atoms with van der Waals surface area (Å²) in [6.45, 7) is 15.7. The topological polar surface area (TPSA) is 34.2 Å². The van der Waals surface area contributed by atoms with Crippen LogP contribution < -0.4 is 5.32 Å². The van der Waals surface area contributed by atoms with Gasteiger partial charge in [0.15, 0.2) is 9.04 Å². The molecule has 1 unspecified atom stereocenters. The molecule has 21 heavy (non-hydrogen) atoms. The minimum Gasteiger partial charge on any atom is -0.415 e. The number of rotatable bonds is 6. The Bertz CT molecular complexity index is 446. The first-order valence-corrected chi connectivity index (χ1v) is 11.2. The van der Waals surface area contributed by atoms with Crippen LogP contribution in [-0.4, -0.2) is 26.2 Å². The third-order valence-electron chi connectivity index (χ3n) is 3.35. The normalized spacial score (nSPS) is 15.3. The van der Waals surface area contributed by atoms with Gasteiger partial charge in [0.05, 0.1) is 24.0 Å². The molecule has 0 radical (unpaired) electrons. The monoisotopic (exact) mass is 372 g/mol. The largest absolute Gasteiger partial charge is 0.415 e. The molecule has 0 fully saturated rings. The molecular formula is C16H29BrN2OSi. The third-order valence-corrected chi connectivity index (χ3v) is 4.63. The van der Waals surface area contributed by atoms with E-state index in [1.54, 1.807) is 6.20 Å². The van der Waals surface area contributed by atoms with Gasteiger partial charge < -0.3 is 9.74 Å². The summed E-state index contributed by atoms with van der Waals surface area (Å²) >= 11 is 3.48. The van der Waals surface area contributed by atoms with Crippen LogP contribution in [0.1, 0.15) is 34.6 Å². The van der Waals surface area contributed by atoms with Crippen LogP contribution in [0.2, 0.25) is 13.1 Å². The van der Waals surface area contributed by atoms with Crippen molar-refractivity contribution in [1.29, 1.82) is 0 Å². The fourth-order valence-corrected chi connectivity index (χ4v) is 3.92. The number of hydrogen-bond donors (Lipinski definition) is 1. The molecule has 0 aromatic carbocycles. The molecule has 120 valence electrons. The van der Waals surface area contributed by atoms with Gasteiger partial charge in [0, 0.05) is 10.7 Å². The Kier molecular flexibility index (Phi) is 6.88. The number of nitrogens with zero attached hydrogens (tertiary/aromatic N) is 1. The summed E-state index contributed by atoms with van der Waals surface area (Å²) in [5, 5.41) is 3.64. The molecule has 1 rings (SSSR count). The highest BCUT2D eigenvalue weighted by Crippen LogP contribution is 2.31. The highest BCUT2D eigenvalue weighted by atomic mass is 79.9. The average Bonchev–Trinajstić information content (AvgIpc) is 2.31. The summed E-state index contributed by atoms with van der Waals surface area (Å²) in [6.07, 6.45) is 3.85. The average molecular weight is 373 g/mol. The van der Waals surface area contributed by atoms with Gasteiger partial charge in [0.2, 0.25) is 0 Å². The smallest absolute Gasteiger partial charge is 0.171 e. The maximum Gasteiger partial charge on any atom is 0.171 e. The summed E-state index contributed by atoms with van der Waals surface area (Å²) in [6, 6.07) is 2.32. The van der Waals surface area contributed by atoms with Crippen molar-refractivity contribution in [1.82, 2.24) is 4.98 Å².